The van der Waals surface area contributed by atoms with Crippen LogP contribution in [-0.4, -0.2) is 26.5 Å². The third-order valence-electron chi connectivity index (χ3n) is 2.61. The van der Waals surface area contributed by atoms with Crippen molar-refractivity contribution in [1.82, 2.24) is 0 Å². The van der Waals surface area contributed by atoms with E-state index in [0.29, 0.717) is 22.8 Å². The zero-order chi connectivity index (χ0) is 14.5. The fraction of sp³-hybridized carbons (Fsp3) is 0.286. The smallest absolute Gasteiger partial charge is 0.348 e. The highest BCUT2D eigenvalue weighted by Crippen LogP contribution is 2.42. The van der Waals surface area contributed by atoms with Gasteiger partial charge in [0.2, 0.25) is 12.5 Å². The topological polar surface area (TPSA) is 77.8 Å². The van der Waals surface area contributed by atoms with Gasteiger partial charge < -0.3 is 18.9 Å². The van der Waals surface area contributed by atoms with Crippen molar-refractivity contribution in [2.24, 2.45) is 0 Å². The van der Waals surface area contributed by atoms with Gasteiger partial charge in [-0.3, -0.25) is 0 Å². The van der Waals surface area contributed by atoms with Crippen molar-refractivity contribution in [3.05, 3.63) is 23.3 Å². The summed E-state index contributed by atoms with van der Waals surface area (Å²) in [5.41, 5.74) is 0.503. The Labute approximate surface area is 116 Å². The third kappa shape index (κ3) is 2.67. The van der Waals surface area contributed by atoms with Gasteiger partial charge >= 0.3 is 5.97 Å². The Morgan fingerprint density at radius 2 is 2.30 bits per heavy atom. The van der Waals surface area contributed by atoms with Gasteiger partial charge in [-0.25, -0.2) is 4.79 Å². The number of fused-ring (bicyclic) bond motifs is 1. The Balaban J connectivity index is 2.38. The average Bonchev–Trinajstić information content (AvgIpc) is 2.92. The number of esters is 1. The number of methoxy groups -OCH3 is 1. The standard InChI is InChI=1S/C14H13NO5/c1-3-18-14(16)10(7-15)4-9-5-11(17-2)13-12(6-9)19-8-20-13/h4-6H,3,8H2,1-2H3/b10-4+. The first-order valence-electron chi connectivity index (χ1n) is 5.96. The van der Waals surface area contributed by atoms with Crippen LogP contribution in [0.15, 0.2) is 17.7 Å². The van der Waals surface area contributed by atoms with Gasteiger partial charge in [-0.2, -0.15) is 5.26 Å². The second-order valence-corrected chi connectivity index (χ2v) is 3.85. The molecule has 0 N–H and O–H groups in total. The fourth-order valence-corrected chi connectivity index (χ4v) is 1.75. The molecular formula is C14H13NO5. The highest BCUT2D eigenvalue weighted by molar-refractivity contribution is 5.98. The molecule has 6 nitrogen and oxygen atoms in total. The number of benzene rings is 1. The minimum Gasteiger partial charge on any atom is -0.493 e. The second-order valence-electron chi connectivity index (χ2n) is 3.85. The number of carbonyl (C=O) groups is 1. The van der Waals surface area contributed by atoms with Crippen LogP contribution in [0, 0.1) is 11.3 Å². The lowest BCUT2D eigenvalue weighted by Crippen LogP contribution is -2.06. The lowest BCUT2D eigenvalue weighted by atomic mass is 10.1. The highest BCUT2D eigenvalue weighted by atomic mass is 16.7. The van der Waals surface area contributed by atoms with Crippen LogP contribution < -0.4 is 14.2 Å². The molecule has 20 heavy (non-hydrogen) atoms. The third-order valence-corrected chi connectivity index (χ3v) is 2.61. The van der Waals surface area contributed by atoms with Gasteiger partial charge in [0.15, 0.2) is 11.5 Å². The summed E-state index contributed by atoms with van der Waals surface area (Å²) >= 11 is 0. The monoisotopic (exact) mass is 275 g/mol. The van der Waals surface area contributed by atoms with Crippen LogP contribution in [0.1, 0.15) is 12.5 Å². The molecule has 0 fully saturated rings. The van der Waals surface area contributed by atoms with E-state index in [-0.39, 0.29) is 19.0 Å². The van der Waals surface area contributed by atoms with Crippen LogP contribution in [0.5, 0.6) is 17.2 Å². The number of hydrogen-bond acceptors (Lipinski definition) is 6. The zero-order valence-electron chi connectivity index (χ0n) is 11.1. The van der Waals surface area contributed by atoms with E-state index in [1.807, 2.05) is 6.07 Å². The predicted molar refractivity (Wildman–Crippen MR) is 69.3 cm³/mol. The molecule has 1 heterocycles. The van der Waals surface area contributed by atoms with Gasteiger partial charge in [-0.15, -0.1) is 0 Å². The summed E-state index contributed by atoms with van der Waals surface area (Å²) in [5.74, 6) is 0.843. The van der Waals surface area contributed by atoms with Crippen LogP contribution in [0.25, 0.3) is 6.08 Å². The Morgan fingerprint density at radius 1 is 1.50 bits per heavy atom. The van der Waals surface area contributed by atoms with Crippen molar-refractivity contribution in [2.75, 3.05) is 20.5 Å². The van der Waals surface area contributed by atoms with Crippen LogP contribution in [-0.2, 0) is 9.53 Å². The van der Waals surface area contributed by atoms with E-state index in [0.717, 1.165) is 0 Å². The molecular weight excluding hydrogens is 262 g/mol. The number of rotatable bonds is 4. The molecule has 1 aromatic carbocycles. The van der Waals surface area contributed by atoms with Crippen LogP contribution >= 0.6 is 0 Å². The molecule has 0 unspecified atom stereocenters. The number of hydrogen-bond donors (Lipinski definition) is 0. The number of carbonyl (C=O) groups excluding carboxylic acids is 1. The molecule has 0 saturated carbocycles. The predicted octanol–water partition coefficient (Wildman–Crippen LogP) is 1.89. The molecule has 0 aromatic heterocycles. The van der Waals surface area contributed by atoms with E-state index >= 15 is 0 Å². The van der Waals surface area contributed by atoms with E-state index in [9.17, 15) is 4.79 Å². The largest absolute Gasteiger partial charge is 0.493 e. The number of nitrogens with zero attached hydrogens (tertiary/aromatic N) is 1. The van der Waals surface area contributed by atoms with Crippen molar-refractivity contribution in [3.63, 3.8) is 0 Å². The number of nitriles is 1. The van der Waals surface area contributed by atoms with Gasteiger partial charge in [0.25, 0.3) is 0 Å². The summed E-state index contributed by atoms with van der Waals surface area (Å²) in [4.78, 5) is 11.6. The maximum atomic E-state index is 11.6. The molecule has 0 atom stereocenters. The molecule has 1 aliphatic rings. The molecule has 1 aromatic rings. The first kappa shape index (κ1) is 13.7. The van der Waals surface area contributed by atoms with Gasteiger partial charge in [-0.05, 0) is 30.7 Å². The zero-order valence-corrected chi connectivity index (χ0v) is 11.1. The lowest BCUT2D eigenvalue weighted by molar-refractivity contribution is -0.137. The van der Waals surface area contributed by atoms with E-state index in [1.54, 1.807) is 19.1 Å². The molecule has 2 rings (SSSR count). The Kier molecular flexibility index (Phi) is 4.11. The van der Waals surface area contributed by atoms with Gasteiger partial charge in [0.05, 0.1) is 13.7 Å². The Hall–Kier alpha value is -2.68. The summed E-state index contributed by atoms with van der Waals surface area (Å²) in [7, 11) is 1.50. The lowest BCUT2D eigenvalue weighted by Gasteiger charge is -2.06. The number of ether oxygens (including phenoxy) is 4. The minimum absolute atomic E-state index is 0.0900. The maximum Gasteiger partial charge on any atom is 0.348 e. The summed E-state index contributed by atoms with van der Waals surface area (Å²) in [6, 6.07) is 5.14. The summed E-state index contributed by atoms with van der Waals surface area (Å²) < 4.78 is 20.5. The van der Waals surface area contributed by atoms with Crippen molar-refractivity contribution in [1.29, 1.82) is 5.26 Å². The van der Waals surface area contributed by atoms with Crippen molar-refractivity contribution in [3.8, 4) is 23.3 Å². The molecule has 0 saturated heterocycles. The quantitative estimate of drug-likeness (QED) is 0.474. The van der Waals surface area contributed by atoms with Crippen molar-refractivity contribution in [2.45, 2.75) is 6.92 Å². The van der Waals surface area contributed by atoms with E-state index in [2.05, 4.69) is 0 Å². The summed E-state index contributed by atoms with van der Waals surface area (Å²) in [6.07, 6.45) is 1.42. The SMILES string of the molecule is CCOC(=O)/C(C#N)=C/c1cc(OC)c2c(c1)OCO2. The maximum absolute atomic E-state index is 11.6. The van der Waals surface area contributed by atoms with Crippen molar-refractivity contribution >= 4 is 12.0 Å². The molecule has 0 aliphatic carbocycles. The Bertz CT molecular complexity index is 600. The average molecular weight is 275 g/mol. The van der Waals surface area contributed by atoms with Gasteiger partial charge in [-0.1, -0.05) is 0 Å². The fourth-order valence-electron chi connectivity index (χ4n) is 1.75. The van der Waals surface area contributed by atoms with Crippen LogP contribution in [0.3, 0.4) is 0 Å². The molecule has 0 radical (unpaired) electrons. The minimum atomic E-state index is -0.661. The van der Waals surface area contributed by atoms with Gasteiger partial charge in [0, 0.05) is 0 Å². The van der Waals surface area contributed by atoms with E-state index in [4.69, 9.17) is 24.2 Å². The molecule has 1 aliphatic heterocycles. The van der Waals surface area contributed by atoms with E-state index in [1.165, 1.54) is 13.2 Å². The molecule has 0 spiro atoms. The first-order chi connectivity index (χ1) is 9.69. The summed E-state index contributed by atoms with van der Waals surface area (Å²) in [6.45, 7) is 2.00. The molecule has 0 bridgehead atoms. The van der Waals surface area contributed by atoms with Crippen LogP contribution in [0.2, 0.25) is 0 Å². The Morgan fingerprint density at radius 3 is 2.95 bits per heavy atom. The van der Waals surface area contributed by atoms with Crippen LogP contribution in [0.4, 0.5) is 0 Å². The first-order valence-corrected chi connectivity index (χ1v) is 5.96. The second kappa shape index (κ2) is 5.97. The van der Waals surface area contributed by atoms with E-state index < -0.39 is 5.97 Å². The molecule has 104 valence electrons. The molecule has 6 heteroatoms. The van der Waals surface area contributed by atoms with Gasteiger partial charge in [0.1, 0.15) is 11.6 Å². The molecule has 0 amide bonds. The van der Waals surface area contributed by atoms with Crippen molar-refractivity contribution < 1.29 is 23.7 Å². The summed E-state index contributed by atoms with van der Waals surface area (Å²) in [5, 5.41) is 9.00. The normalized spacial score (nSPS) is 12.8. The highest BCUT2D eigenvalue weighted by Gasteiger charge is 2.20.